The Bertz CT molecular complexity index is 570. The Balaban J connectivity index is 0.00000264. The molecule has 0 aliphatic rings. The number of hydrogen-bond acceptors (Lipinski definition) is 1. The highest BCUT2D eigenvalue weighted by atomic mass is 35.5. The lowest BCUT2D eigenvalue weighted by Gasteiger charge is -2.05. The maximum atomic E-state index is 4.66. The van der Waals surface area contributed by atoms with Crippen LogP contribution in [0.15, 0.2) is 59.9 Å². The highest BCUT2D eigenvalue weighted by Gasteiger charge is 1.92. The van der Waals surface area contributed by atoms with Crippen LogP contribution in [0.25, 0.3) is 0 Å². The van der Waals surface area contributed by atoms with E-state index >= 15 is 0 Å². The van der Waals surface area contributed by atoms with Crippen LogP contribution in [0.4, 0.5) is 0 Å². The lowest BCUT2D eigenvalue weighted by Crippen LogP contribution is -2.07. The van der Waals surface area contributed by atoms with Crippen LogP contribution in [0, 0.1) is 0 Å². The van der Waals surface area contributed by atoms with E-state index in [0.717, 1.165) is 18.4 Å². The Hall–Kier alpha value is -1.54. The number of aromatic nitrogens is 1. The fourth-order valence-electron chi connectivity index (χ4n) is 2.55. The first-order valence-corrected chi connectivity index (χ1v) is 8.59. The van der Waals surface area contributed by atoms with Gasteiger partial charge >= 0.3 is 0 Å². The van der Waals surface area contributed by atoms with Crippen molar-refractivity contribution in [1.82, 2.24) is 4.57 Å². The molecule has 23 heavy (non-hydrogen) atoms. The normalized spacial score (nSPS) is 10.1. The fraction of sp³-hybridized carbons (Fsp3) is 0.450. The SMILES string of the molecule is CCCCCCCCN=c1ccn(Cc2ccccc2)cc1.Cl. The van der Waals surface area contributed by atoms with Gasteiger partial charge in [0.1, 0.15) is 0 Å². The van der Waals surface area contributed by atoms with Gasteiger partial charge in [0.15, 0.2) is 0 Å². The van der Waals surface area contributed by atoms with E-state index in [1.54, 1.807) is 0 Å². The first-order valence-electron chi connectivity index (χ1n) is 8.59. The molecule has 0 N–H and O–H groups in total. The fourth-order valence-corrected chi connectivity index (χ4v) is 2.55. The summed E-state index contributed by atoms with van der Waals surface area (Å²) in [6.45, 7) is 4.13. The van der Waals surface area contributed by atoms with Crippen molar-refractivity contribution in [2.75, 3.05) is 6.54 Å². The summed E-state index contributed by atoms with van der Waals surface area (Å²) in [6, 6.07) is 14.8. The van der Waals surface area contributed by atoms with E-state index in [4.69, 9.17) is 0 Å². The van der Waals surface area contributed by atoms with Crippen LogP contribution in [-0.2, 0) is 6.54 Å². The van der Waals surface area contributed by atoms with E-state index in [1.807, 2.05) is 0 Å². The summed E-state index contributed by atoms with van der Waals surface area (Å²) in [6.07, 6.45) is 12.2. The number of pyridine rings is 1. The highest BCUT2D eigenvalue weighted by Crippen LogP contribution is 2.04. The van der Waals surface area contributed by atoms with Crippen LogP contribution >= 0.6 is 12.4 Å². The van der Waals surface area contributed by atoms with Crippen molar-refractivity contribution in [3.8, 4) is 0 Å². The van der Waals surface area contributed by atoms with E-state index in [0.29, 0.717) is 0 Å². The van der Waals surface area contributed by atoms with Gasteiger partial charge < -0.3 is 4.57 Å². The van der Waals surface area contributed by atoms with Gasteiger partial charge in [-0.25, -0.2) is 0 Å². The lowest BCUT2D eigenvalue weighted by atomic mass is 10.1. The maximum Gasteiger partial charge on any atom is 0.0603 e. The second-order valence-corrected chi connectivity index (χ2v) is 5.86. The Morgan fingerprint density at radius 3 is 2.17 bits per heavy atom. The van der Waals surface area contributed by atoms with Crippen molar-refractivity contribution < 1.29 is 0 Å². The summed E-state index contributed by atoms with van der Waals surface area (Å²) in [5.74, 6) is 0. The molecule has 2 rings (SSSR count). The van der Waals surface area contributed by atoms with E-state index in [9.17, 15) is 0 Å². The van der Waals surface area contributed by atoms with E-state index < -0.39 is 0 Å². The number of halogens is 1. The van der Waals surface area contributed by atoms with E-state index in [1.165, 1.54) is 44.1 Å². The number of nitrogens with zero attached hydrogens (tertiary/aromatic N) is 2. The third-order valence-corrected chi connectivity index (χ3v) is 3.89. The minimum atomic E-state index is 0. The molecule has 126 valence electrons. The molecule has 3 heteroatoms. The smallest absolute Gasteiger partial charge is 0.0603 e. The van der Waals surface area contributed by atoms with Gasteiger partial charge in [0.05, 0.1) is 5.36 Å². The predicted molar refractivity (Wildman–Crippen MR) is 101 cm³/mol. The molecular formula is C20H29ClN2. The van der Waals surface area contributed by atoms with Crippen LogP contribution in [0.1, 0.15) is 51.0 Å². The van der Waals surface area contributed by atoms with E-state index in [-0.39, 0.29) is 12.4 Å². The molecular weight excluding hydrogens is 304 g/mol. The minimum absolute atomic E-state index is 0. The molecule has 0 fully saturated rings. The van der Waals surface area contributed by atoms with Gasteiger partial charge in [0, 0.05) is 25.5 Å². The van der Waals surface area contributed by atoms with Crippen molar-refractivity contribution in [2.24, 2.45) is 4.99 Å². The molecule has 2 aromatic rings. The first kappa shape index (κ1) is 19.5. The Morgan fingerprint density at radius 1 is 0.826 bits per heavy atom. The lowest BCUT2D eigenvalue weighted by molar-refractivity contribution is 0.610. The van der Waals surface area contributed by atoms with Crippen molar-refractivity contribution in [2.45, 2.75) is 52.0 Å². The second-order valence-electron chi connectivity index (χ2n) is 5.86. The summed E-state index contributed by atoms with van der Waals surface area (Å²) in [5.41, 5.74) is 1.32. The van der Waals surface area contributed by atoms with Gasteiger partial charge in [0.25, 0.3) is 0 Å². The molecule has 1 heterocycles. The standard InChI is InChI=1S/C20H28N2.ClH/c1-2-3-4-5-6-10-15-21-20-13-16-22(17-14-20)18-19-11-8-7-9-12-19;/h7-9,11-14,16-17H,2-6,10,15,18H2,1H3;1H. The maximum absolute atomic E-state index is 4.66. The number of rotatable bonds is 9. The molecule has 0 saturated heterocycles. The molecule has 0 aliphatic carbocycles. The third-order valence-electron chi connectivity index (χ3n) is 3.89. The monoisotopic (exact) mass is 332 g/mol. The molecule has 0 amide bonds. The molecule has 0 unspecified atom stereocenters. The van der Waals surface area contributed by atoms with Crippen LogP contribution in [-0.4, -0.2) is 11.1 Å². The Kier molecular flexibility index (Phi) is 10.1. The van der Waals surface area contributed by atoms with Crippen LogP contribution in [0.2, 0.25) is 0 Å². The van der Waals surface area contributed by atoms with Crippen LogP contribution in [0.5, 0.6) is 0 Å². The summed E-state index contributed by atoms with van der Waals surface area (Å²) in [4.78, 5) is 4.66. The molecule has 1 aromatic carbocycles. The average Bonchev–Trinajstić information content (AvgIpc) is 2.56. The topological polar surface area (TPSA) is 17.3 Å². The minimum Gasteiger partial charge on any atom is -0.350 e. The van der Waals surface area contributed by atoms with Crippen molar-refractivity contribution in [3.05, 3.63) is 65.8 Å². The van der Waals surface area contributed by atoms with Crippen molar-refractivity contribution in [1.29, 1.82) is 0 Å². The zero-order valence-corrected chi connectivity index (χ0v) is 15.0. The molecule has 0 radical (unpaired) electrons. The second kappa shape index (κ2) is 12.0. The Labute approximate surface area is 146 Å². The summed E-state index contributed by atoms with van der Waals surface area (Å²) in [7, 11) is 0. The van der Waals surface area contributed by atoms with Crippen LogP contribution in [0.3, 0.4) is 0 Å². The molecule has 1 aromatic heterocycles. The van der Waals surface area contributed by atoms with Gasteiger partial charge in [0.2, 0.25) is 0 Å². The van der Waals surface area contributed by atoms with Gasteiger partial charge in [-0.15, -0.1) is 12.4 Å². The molecule has 0 atom stereocenters. The quantitative estimate of drug-likeness (QED) is 0.560. The van der Waals surface area contributed by atoms with Crippen molar-refractivity contribution >= 4 is 12.4 Å². The van der Waals surface area contributed by atoms with Gasteiger partial charge in [-0.05, 0) is 24.1 Å². The predicted octanol–water partition coefficient (Wildman–Crippen LogP) is 5.22. The zero-order valence-electron chi connectivity index (χ0n) is 14.2. The van der Waals surface area contributed by atoms with Gasteiger partial charge in [-0.2, -0.15) is 0 Å². The molecule has 0 aliphatic heterocycles. The largest absolute Gasteiger partial charge is 0.350 e. The highest BCUT2D eigenvalue weighted by molar-refractivity contribution is 5.85. The van der Waals surface area contributed by atoms with Crippen molar-refractivity contribution in [3.63, 3.8) is 0 Å². The van der Waals surface area contributed by atoms with Gasteiger partial charge in [-0.3, -0.25) is 4.99 Å². The van der Waals surface area contributed by atoms with Gasteiger partial charge in [-0.1, -0.05) is 69.4 Å². The zero-order chi connectivity index (χ0) is 15.5. The average molecular weight is 333 g/mol. The van der Waals surface area contributed by atoms with Crippen LogP contribution < -0.4 is 5.36 Å². The summed E-state index contributed by atoms with van der Waals surface area (Å²) >= 11 is 0. The van der Waals surface area contributed by atoms with E-state index in [2.05, 4.69) is 71.3 Å². The number of hydrogen-bond donors (Lipinski definition) is 0. The number of benzene rings is 1. The number of unbranched alkanes of at least 4 members (excludes halogenated alkanes) is 5. The third kappa shape index (κ3) is 8.03. The molecule has 0 saturated carbocycles. The first-order chi connectivity index (χ1) is 10.9. The molecule has 0 spiro atoms. The summed E-state index contributed by atoms with van der Waals surface area (Å²) < 4.78 is 2.19. The Morgan fingerprint density at radius 2 is 1.48 bits per heavy atom. The summed E-state index contributed by atoms with van der Waals surface area (Å²) in [5, 5.41) is 1.10. The molecule has 2 nitrogen and oxygen atoms in total. The molecule has 0 bridgehead atoms.